The maximum atomic E-state index is 2.40. The lowest BCUT2D eigenvalue weighted by molar-refractivity contribution is -0.931. The molecule has 21 heavy (non-hydrogen) atoms. The largest absolute Gasteiger partial charge is 1.00 e. The van der Waals surface area contributed by atoms with Crippen molar-refractivity contribution < 1.29 is 21.5 Å². The van der Waals surface area contributed by atoms with E-state index in [0.29, 0.717) is 0 Å². The second-order valence-corrected chi connectivity index (χ2v) is 7.07. The monoisotopic (exact) mass is 361 g/mol. The summed E-state index contributed by atoms with van der Waals surface area (Å²) in [7, 11) is 0. The van der Waals surface area contributed by atoms with Crippen LogP contribution in [0.1, 0.15) is 97.3 Å². The van der Waals surface area contributed by atoms with E-state index in [0.717, 1.165) is 0 Å². The van der Waals surface area contributed by atoms with Crippen LogP contribution in [0.25, 0.3) is 0 Å². The molecule has 1 aliphatic rings. The van der Waals surface area contributed by atoms with Crippen molar-refractivity contribution in [2.75, 3.05) is 26.2 Å². The van der Waals surface area contributed by atoms with Gasteiger partial charge >= 0.3 is 0 Å². The Bertz CT molecular complexity index is 212. The maximum Gasteiger partial charge on any atom is 0.0786 e. The number of piperidine rings is 1. The Kier molecular flexibility index (Phi) is 14.4. The first-order chi connectivity index (χ1) is 9.83. The molecule has 0 amide bonds. The molecule has 0 aromatic heterocycles. The molecule has 0 N–H and O–H groups in total. The summed E-state index contributed by atoms with van der Waals surface area (Å²) in [5.41, 5.74) is 0. The first-order valence-electron chi connectivity index (χ1n) is 9.68. The molecule has 1 aliphatic heterocycles. The molecule has 1 saturated heterocycles. The van der Waals surface area contributed by atoms with Gasteiger partial charge in [0.15, 0.2) is 0 Å². The average molecular weight is 362 g/mol. The van der Waals surface area contributed by atoms with Crippen LogP contribution < -0.4 is 17.0 Å². The molecule has 0 bridgehead atoms. The lowest BCUT2D eigenvalue weighted by atomic mass is 10.0. The van der Waals surface area contributed by atoms with Crippen LogP contribution in [0.5, 0.6) is 0 Å². The van der Waals surface area contributed by atoms with E-state index in [1.807, 2.05) is 0 Å². The Morgan fingerprint density at radius 1 is 0.619 bits per heavy atom. The van der Waals surface area contributed by atoms with Crippen molar-refractivity contribution in [3.63, 3.8) is 0 Å². The molecule has 2 heteroatoms. The zero-order valence-electron chi connectivity index (χ0n) is 14.8. The number of halogens is 1. The van der Waals surface area contributed by atoms with Crippen LogP contribution in [-0.4, -0.2) is 30.7 Å². The first kappa shape index (κ1) is 21.4. The van der Waals surface area contributed by atoms with Crippen molar-refractivity contribution in [3.05, 3.63) is 0 Å². The van der Waals surface area contributed by atoms with Crippen molar-refractivity contribution >= 4 is 0 Å². The third-order valence-corrected chi connectivity index (χ3v) is 5.42. The summed E-state index contributed by atoms with van der Waals surface area (Å²) < 4.78 is 1.44. The molecular formula is C19H40BrN. The van der Waals surface area contributed by atoms with Crippen LogP contribution in [0.4, 0.5) is 0 Å². The molecule has 0 atom stereocenters. The van der Waals surface area contributed by atoms with Crippen LogP contribution in [0.15, 0.2) is 0 Å². The molecule has 1 nitrogen and oxygen atoms in total. The van der Waals surface area contributed by atoms with E-state index in [-0.39, 0.29) is 17.0 Å². The summed E-state index contributed by atoms with van der Waals surface area (Å²) in [6.45, 7) is 10.5. The zero-order valence-corrected chi connectivity index (χ0v) is 16.4. The van der Waals surface area contributed by atoms with Crippen molar-refractivity contribution in [3.8, 4) is 0 Å². The fourth-order valence-electron chi connectivity index (χ4n) is 3.82. The van der Waals surface area contributed by atoms with Gasteiger partial charge in [-0.1, -0.05) is 58.3 Å². The zero-order chi connectivity index (χ0) is 14.5. The molecule has 0 saturated carbocycles. The molecule has 0 aromatic rings. The van der Waals surface area contributed by atoms with Crippen LogP contribution in [-0.2, 0) is 0 Å². The fraction of sp³-hybridized carbons (Fsp3) is 1.00. The van der Waals surface area contributed by atoms with E-state index in [1.54, 1.807) is 0 Å². The van der Waals surface area contributed by atoms with Gasteiger partial charge in [0.2, 0.25) is 0 Å². The quantitative estimate of drug-likeness (QED) is 0.370. The molecule has 0 aliphatic carbocycles. The van der Waals surface area contributed by atoms with Gasteiger partial charge in [0, 0.05) is 0 Å². The van der Waals surface area contributed by atoms with Gasteiger partial charge in [0.1, 0.15) is 0 Å². The molecule has 1 rings (SSSR count). The Morgan fingerprint density at radius 3 is 1.57 bits per heavy atom. The van der Waals surface area contributed by atoms with E-state index in [1.165, 1.54) is 114 Å². The minimum atomic E-state index is 0. The fourth-order valence-corrected chi connectivity index (χ4v) is 3.82. The van der Waals surface area contributed by atoms with Crippen LogP contribution >= 0.6 is 0 Å². The number of nitrogens with zero attached hydrogens (tertiary/aromatic N) is 1. The van der Waals surface area contributed by atoms with E-state index in [9.17, 15) is 0 Å². The SMILES string of the molecule is CCCCCCCCCCCC[N+]1(CC)CCCCC1.[Br-]. The molecular weight excluding hydrogens is 322 g/mol. The summed E-state index contributed by atoms with van der Waals surface area (Å²) in [6.07, 6.45) is 19.1. The van der Waals surface area contributed by atoms with Gasteiger partial charge in [-0.05, 0) is 39.0 Å². The average Bonchev–Trinajstić information content (AvgIpc) is 2.50. The number of likely N-dealkylation sites (tertiary alicyclic amines) is 1. The van der Waals surface area contributed by atoms with Crippen molar-refractivity contribution in [1.29, 1.82) is 0 Å². The minimum absolute atomic E-state index is 0. The van der Waals surface area contributed by atoms with Crippen LogP contribution in [0.3, 0.4) is 0 Å². The highest BCUT2D eigenvalue weighted by atomic mass is 79.9. The number of unbranched alkanes of at least 4 members (excludes halogenated alkanes) is 9. The standard InChI is InChI=1S/C19H40N.BrH/c1-3-5-6-7-8-9-10-11-12-14-17-20(4-2)18-15-13-16-19-20;/h3-19H2,1-2H3;1H/q+1;/p-1. The molecule has 0 aromatic carbocycles. The summed E-state index contributed by atoms with van der Waals surface area (Å²) >= 11 is 0. The second-order valence-electron chi connectivity index (χ2n) is 7.07. The molecule has 0 unspecified atom stereocenters. The molecule has 1 heterocycles. The second kappa shape index (κ2) is 14.1. The third kappa shape index (κ3) is 9.94. The molecule has 0 spiro atoms. The summed E-state index contributed by atoms with van der Waals surface area (Å²) in [5, 5.41) is 0. The van der Waals surface area contributed by atoms with Gasteiger partial charge in [-0.2, -0.15) is 0 Å². The van der Waals surface area contributed by atoms with Gasteiger partial charge in [0.25, 0.3) is 0 Å². The van der Waals surface area contributed by atoms with E-state index >= 15 is 0 Å². The first-order valence-corrected chi connectivity index (χ1v) is 9.68. The molecule has 128 valence electrons. The van der Waals surface area contributed by atoms with Gasteiger partial charge in [-0.25, -0.2) is 0 Å². The van der Waals surface area contributed by atoms with E-state index in [4.69, 9.17) is 0 Å². The van der Waals surface area contributed by atoms with Gasteiger partial charge in [-0.3, -0.25) is 0 Å². The van der Waals surface area contributed by atoms with Crippen molar-refractivity contribution in [2.24, 2.45) is 0 Å². The summed E-state index contributed by atoms with van der Waals surface area (Å²) in [6, 6.07) is 0. The lowest BCUT2D eigenvalue weighted by Crippen LogP contribution is -3.00. The smallest absolute Gasteiger partial charge is 0.0786 e. The normalized spacial score (nSPS) is 17.4. The van der Waals surface area contributed by atoms with E-state index in [2.05, 4.69) is 13.8 Å². The Hall–Kier alpha value is 0.440. The van der Waals surface area contributed by atoms with Crippen LogP contribution in [0.2, 0.25) is 0 Å². The van der Waals surface area contributed by atoms with Crippen molar-refractivity contribution in [1.82, 2.24) is 0 Å². The number of hydrogen-bond acceptors (Lipinski definition) is 0. The Morgan fingerprint density at radius 2 is 1.10 bits per heavy atom. The number of rotatable bonds is 12. The maximum absolute atomic E-state index is 2.40. The highest BCUT2D eigenvalue weighted by molar-refractivity contribution is 4.54. The minimum Gasteiger partial charge on any atom is -1.00 e. The number of hydrogen-bond donors (Lipinski definition) is 0. The highest BCUT2D eigenvalue weighted by Crippen LogP contribution is 2.20. The summed E-state index contributed by atoms with van der Waals surface area (Å²) in [4.78, 5) is 0. The highest BCUT2D eigenvalue weighted by Gasteiger charge is 2.26. The lowest BCUT2D eigenvalue weighted by Gasteiger charge is -2.41. The molecule has 1 fully saturated rings. The van der Waals surface area contributed by atoms with Gasteiger partial charge in [-0.15, -0.1) is 0 Å². The predicted molar refractivity (Wildman–Crippen MR) is 91.1 cm³/mol. The van der Waals surface area contributed by atoms with Gasteiger partial charge in [0.05, 0.1) is 26.2 Å². The Balaban J connectivity index is 0.00000400. The molecule has 0 radical (unpaired) electrons. The van der Waals surface area contributed by atoms with Gasteiger partial charge < -0.3 is 21.5 Å². The predicted octanol–water partition coefficient (Wildman–Crippen LogP) is 2.93. The third-order valence-electron chi connectivity index (χ3n) is 5.42. The topological polar surface area (TPSA) is 0 Å². The summed E-state index contributed by atoms with van der Waals surface area (Å²) in [5.74, 6) is 0. The number of quaternary nitrogens is 1. The van der Waals surface area contributed by atoms with E-state index < -0.39 is 0 Å². The van der Waals surface area contributed by atoms with Crippen molar-refractivity contribution in [2.45, 2.75) is 97.3 Å². The van der Waals surface area contributed by atoms with Crippen LogP contribution in [0, 0.1) is 0 Å². The Labute approximate surface area is 145 Å².